The van der Waals surface area contributed by atoms with Crippen molar-refractivity contribution in [3.63, 3.8) is 0 Å². The van der Waals surface area contributed by atoms with Crippen LogP contribution in [0.5, 0.6) is 5.75 Å². The molecule has 10 nitrogen and oxygen atoms in total. The molecule has 5 atom stereocenters. The molecule has 0 aliphatic carbocycles. The van der Waals surface area contributed by atoms with Crippen LogP contribution in [0, 0.1) is 5.92 Å². The highest BCUT2D eigenvalue weighted by atomic mass is 32.2. The number of phenols is 1. The Hall–Kier alpha value is -2.79. The van der Waals surface area contributed by atoms with Gasteiger partial charge in [0.25, 0.3) is 0 Å². The number of benzene rings is 1. The van der Waals surface area contributed by atoms with E-state index in [-0.39, 0.29) is 24.5 Å². The summed E-state index contributed by atoms with van der Waals surface area (Å²) in [6, 6.07) is 2.22. The minimum absolute atomic E-state index is 0.0625. The number of phenolic OH excluding ortho intramolecular Hbond substituents is 1. The van der Waals surface area contributed by atoms with Crippen molar-refractivity contribution in [2.24, 2.45) is 11.7 Å². The molecule has 34 heavy (non-hydrogen) atoms. The second-order valence-corrected chi connectivity index (χ2v) is 9.26. The largest absolute Gasteiger partial charge is 0.508 e. The van der Waals surface area contributed by atoms with Gasteiger partial charge in [-0.3, -0.25) is 14.4 Å². The molecule has 0 aliphatic heterocycles. The van der Waals surface area contributed by atoms with Gasteiger partial charge in [0.2, 0.25) is 17.7 Å². The molecule has 1 aromatic rings. The zero-order valence-electron chi connectivity index (χ0n) is 20.0. The van der Waals surface area contributed by atoms with E-state index in [1.807, 2.05) is 13.2 Å². The number of nitrogens with one attached hydrogen (secondary N) is 3. The van der Waals surface area contributed by atoms with Gasteiger partial charge in [-0.15, -0.1) is 0 Å². The van der Waals surface area contributed by atoms with E-state index in [9.17, 15) is 29.4 Å². The molecule has 0 saturated heterocycles. The highest BCUT2D eigenvalue weighted by molar-refractivity contribution is 7.98. The van der Waals surface area contributed by atoms with E-state index in [0.29, 0.717) is 17.7 Å². The molecule has 0 spiro atoms. The van der Waals surface area contributed by atoms with E-state index in [4.69, 9.17) is 5.73 Å². The lowest BCUT2D eigenvalue weighted by Crippen LogP contribution is -2.58. The fourth-order valence-corrected chi connectivity index (χ4v) is 3.57. The summed E-state index contributed by atoms with van der Waals surface area (Å²) < 4.78 is 0. The van der Waals surface area contributed by atoms with Crippen LogP contribution in [0.1, 0.15) is 39.2 Å². The molecule has 0 heterocycles. The summed E-state index contributed by atoms with van der Waals surface area (Å²) in [5.41, 5.74) is 6.31. The Morgan fingerprint density at radius 3 is 2.03 bits per heavy atom. The summed E-state index contributed by atoms with van der Waals surface area (Å²) in [5, 5.41) is 26.8. The Morgan fingerprint density at radius 1 is 0.971 bits per heavy atom. The molecule has 0 saturated carbocycles. The number of carbonyl (C=O) groups is 4. The lowest BCUT2D eigenvalue weighted by atomic mass is 9.98. The average Bonchev–Trinajstić information content (AvgIpc) is 2.79. The van der Waals surface area contributed by atoms with E-state index in [1.165, 1.54) is 30.8 Å². The van der Waals surface area contributed by atoms with Crippen LogP contribution in [-0.4, -0.2) is 70.1 Å². The number of amides is 3. The predicted octanol–water partition coefficient (Wildman–Crippen LogP) is 0.620. The Morgan fingerprint density at radius 2 is 1.53 bits per heavy atom. The fourth-order valence-electron chi connectivity index (χ4n) is 3.09. The summed E-state index contributed by atoms with van der Waals surface area (Å²) >= 11 is 1.48. The molecule has 3 amide bonds. The Kier molecular flexibility index (Phi) is 12.4. The fraction of sp³-hybridized carbons (Fsp3) is 0.565. The van der Waals surface area contributed by atoms with Gasteiger partial charge < -0.3 is 31.9 Å². The number of aromatic hydroxyl groups is 1. The normalized spacial score (nSPS) is 15.3. The first kappa shape index (κ1) is 29.2. The monoisotopic (exact) mass is 496 g/mol. The quantitative estimate of drug-likeness (QED) is 0.218. The molecular formula is C23H36N4O6S. The molecule has 0 aliphatic rings. The topological polar surface area (TPSA) is 171 Å². The van der Waals surface area contributed by atoms with Crippen molar-refractivity contribution in [1.29, 1.82) is 0 Å². The van der Waals surface area contributed by atoms with Gasteiger partial charge in [0.05, 0.1) is 6.04 Å². The van der Waals surface area contributed by atoms with Crippen molar-refractivity contribution < 1.29 is 29.4 Å². The van der Waals surface area contributed by atoms with Crippen molar-refractivity contribution in [1.82, 2.24) is 16.0 Å². The molecule has 190 valence electrons. The number of nitrogens with two attached hydrogens (primary N) is 1. The zero-order chi connectivity index (χ0) is 25.8. The van der Waals surface area contributed by atoms with E-state index in [1.54, 1.807) is 19.1 Å². The van der Waals surface area contributed by atoms with Crippen LogP contribution in [0.2, 0.25) is 0 Å². The number of hydrogen-bond acceptors (Lipinski definition) is 7. The van der Waals surface area contributed by atoms with E-state index in [0.717, 1.165) is 0 Å². The molecule has 0 fully saturated rings. The summed E-state index contributed by atoms with van der Waals surface area (Å²) in [6.07, 6.45) is 2.79. The van der Waals surface area contributed by atoms with E-state index < -0.39 is 47.9 Å². The van der Waals surface area contributed by atoms with E-state index in [2.05, 4.69) is 16.0 Å². The molecular weight excluding hydrogens is 460 g/mol. The van der Waals surface area contributed by atoms with Crippen molar-refractivity contribution in [3.05, 3.63) is 29.8 Å². The SMILES string of the molecule is CCC(C)C(NC(=O)C(CCSC)NC(=O)C(Cc1ccc(O)cc1)NC(=O)C(C)N)C(=O)O. The Balaban J connectivity index is 3.08. The van der Waals surface area contributed by atoms with E-state index >= 15 is 0 Å². The maximum Gasteiger partial charge on any atom is 0.326 e. The first-order valence-electron chi connectivity index (χ1n) is 11.2. The predicted molar refractivity (Wildman–Crippen MR) is 131 cm³/mol. The number of carboxylic acids is 1. The maximum atomic E-state index is 13.1. The van der Waals surface area contributed by atoms with Crippen molar-refractivity contribution in [2.45, 2.75) is 64.2 Å². The summed E-state index contributed by atoms with van der Waals surface area (Å²) in [5.74, 6) is -2.57. The smallest absolute Gasteiger partial charge is 0.326 e. The first-order chi connectivity index (χ1) is 16.0. The van der Waals surface area contributed by atoms with Crippen LogP contribution in [0.15, 0.2) is 24.3 Å². The third kappa shape index (κ3) is 9.60. The minimum Gasteiger partial charge on any atom is -0.508 e. The molecule has 7 N–H and O–H groups in total. The molecule has 0 bridgehead atoms. The summed E-state index contributed by atoms with van der Waals surface area (Å²) in [4.78, 5) is 49.9. The standard InChI is InChI=1S/C23H36N4O6S/c1-5-13(2)19(23(32)33)27-21(30)17(10-11-34-4)25-22(31)18(26-20(29)14(3)24)12-15-6-8-16(28)9-7-15/h6-9,13-14,17-19,28H,5,10-12,24H2,1-4H3,(H,25,31)(H,26,29)(H,27,30)(H,32,33). The van der Waals surface area contributed by atoms with Crippen LogP contribution in [-0.2, 0) is 25.6 Å². The number of rotatable bonds is 14. The van der Waals surface area contributed by atoms with Crippen molar-refractivity contribution in [2.75, 3.05) is 12.0 Å². The molecule has 1 aromatic carbocycles. The maximum absolute atomic E-state index is 13.1. The van der Waals surface area contributed by atoms with Crippen molar-refractivity contribution >= 4 is 35.5 Å². The van der Waals surface area contributed by atoms with Gasteiger partial charge in [-0.25, -0.2) is 4.79 Å². The average molecular weight is 497 g/mol. The molecule has 0 aromatic heterocycles. The first-order valence-corrected chi connectivity index (χ1v) is 12.6. The van der Waals surface area contributed by atoms with Crippen LogP contribution in [0.3, 0.4) is 0 Å². The lowest BCUT2D eigenvalue weighted by Gasteiger charge is -2.26. The number of carbonyl (C=O) groups excluding carboxylic acids is 3. The zero-order valence-corrected chi connectivity index (χ0v) is 20.9. The van der Waals surface area contributed by atoms with Gasteiger partial charge in [0.1, 0.15) is 23.9 Å². The molecule has 5 unspecified atom stereocenters. The van der Waals surface area contributed by atoms with Gasteiger partial charge in [0, 0.05) is 6.42 Å². The third-order valence-corrected chi connectivity index (χ3v) is 6.09. The van der Waals surface area contributed by atoms with Gasteiger partial charge in [-0.1, -0.05) is 32.4 Å². The van der Waals surface area contributed by atoms with Gasteiger partial charge in [-0.05, 0) is 49.0 Å². The third-order valence-electron chi connectivity index (χ3n) is 5.44. The second kappa shape index (κ2) is 14.5. The summed E-state index contributed by atoms with van der Waals surface area (Å²) in [7, 11) is 0. The molecule has 11 heteroatoms. The van der Waals surface area contributed by atoms with Crippen LogP contribution < -0.4 is 21.7 Å². The van der Waals surface area contributed by atoms with Crippen LogP contribution in [0.25, 0.3) is 0 Å². The number of hydrogen-bond donors (Lipinski definition) is 6. The van der Waals surface area contributed by atoms with Gasteiger partial charge >= 0.3 is 5.97 Å². The van der Waals surface area contributed by atoms with Crippen LogP contribution >= 0.6 is 11.8 Å². The highest BCUT2D eigenvalue weighted by Gasteiger charge is 2.31. The summed E-state index contributed by atoms with van der Waals surface area (Å²) in [6.45, 7) is 5.04. The molecule has 1 rings (SSSR count). The number of aliphatic carboxylic acids is 1. The molecule has 0 radical (unpaired) electrons. The second-order valence-electron chi connectivity index (χ2n) is 8.27. The Labute approximate surface area is 204 Å². The Bertz CT molecular complexity index is 833. The lowest BCUT2D eigenvalue weighted by molar-refractivity contribution is -0.143. The van der Waals surface area contributed by atoms with Gasteiger partial charge in [-0.2, -0.15) is 11.8 Å². The highest BCUT2D eigenvalue weighted by Crippen LogP contribution is 2.13. The number of carboxylic acid groups (broad SMARTS) is 1. The number of thioether (sulfide) groups is 1. The van der Waals surface area contributed by atoms with Crippen LogP contribution in [0.4, 0.5) is 0 Å². The minimum atomic E-state index is -1.15. The van der Waals surface area contributed by atoms with Crippen molar-refractivity contribution in [3.8, 4) is 5.75 Å². The van der Waals surface area contributed by atoms with Gasteiger partial charge in [0.15, 0.2) is 0 Å².